The van der Waals surface area contributed by atoms with Gasteiger partial charge in [0.2, 0.25) is 5.91 Å². The van der Waals surface area contributed by atoms with Crippen LogP contribution in [0, 0.1) is 11.2 Å². The lowest BCUT2D eigenvalue weighted by atomic mass is 9.89. The molecule has 0 bridgehead atoms. The van der Waals surface area contributed by atoms with Crippen molar-refractivity contribution in [1.82, 2.24) is 9.80 Å². The van der Waals surface area contributed by atoms with Gasteiger partial charge in [0.05, 0.1) is 12.0 Å². The Morgan fingerprint density at radius 1 is 1.16 bits per heavy atom. The molecule has 1 aliphatic carbocycles. The van der Waals surface area contributed by atoms with Crippen molar-refractivity contribution in [3.63, 3.8) is 0 Å². The van der Waals surface area contributed by atoms with Crippen LogP contribution in [0.2, 0.25) is 0 Å². The first-order valence-electron chi connectivity index (χ1n) is 8.89. The predicted octanol–water partition coefficient (Wildman–Crippen LogP) is 2.59. The number of hydrogen-bond donors (Lipinski definition) is 0. The van der Waals surface area contributed by atoms with Crippen molar-refractivity contribution in [2.45, 2.75) is 37.7 Å². The first-order chi connectivity index (χ1) is 11.9. The van der Waals surface area contributed by atoms with Crippen molar-refractivity contribution in [1.29, 1.82) is 0 Å². The third kappa shape index (κ3) is 2.98. The molecule has 2 aliphatic heterocycles. The van der Waals surface area contributed by atoms with Crippen LogP contribution in [0.15, 0.2) is 24.3 Å². The molecule has 3 aliphatic rings. The zero-order valence-electron chi connectivity index (χ0n) is 14.5. The summed E-state index contributed by atoms with van der Waals surface area (Å²) in [7, 11) is 1.75. The molecule has 6 heteroatoms. The van der Waals surface area contributed by atoms with Crippen molar-refractivity contribution in [2.75, 3.05) is 26.7 Å². The predicted molar refractivity (Wildman–Crippen MR) is 89.4 cm³/mol. The normalized spacial score (nSPS) is 23.7. The van der Waals surface area contributed by atoms with Crippen LogP contribution in [0.1, 0.15) is 31.2 Å². The van der Waals surface area contributed by atoms with Crippen molar-refractivity contribution in [2.24, 2.45) is 5.41 Å². The number of piperidine rings is 1. The summed E-state index contributed by atoms with van der Waals surface area (Å²) in [5, 5.41) is 0. The second-order valence-corrected chi connectivity index (χ2v) is 7.78. The number of hydrogen-bond acceptors (Lipinski definition) is 3. The molecule has 25 heavy (non-hydrogen) atoms. The van der Waals surface area contributed by atoms with Gasteiger partial charge in [0.15, 0.2) is 0 Å². The third-order valence-corrected chi connectivity index (χ3v) is 5.87. The van der Waals surface area contributed by atoms with Crippen molar-refractivity contribution >= 4 is 12.0 Å². The molecule has 0 atom stereocenters. The Balaban J connectivity index is 1.39. The van der Waals surface area contributed by atoms with Crippen molar-refractivity contribution < 1.29 is 18.7 Å². The Morgan fingerprint density at radius 2 is 1.80 bits per heavy atom. The first-order valence-corrected chi connectivity index (χ1v) is 8.89. The van der Waals surface area contributed by atoms with Crippen LogP contribution in [-0.2, 0) is 16.0 Å². The van der Waals surface area contributed by atoms with E-state index in [9.17, 15) is 14.0 Å². The quantitative estimate of drug-likeness (QED) is 0.845. The maximum Gasteiger partial charge on any atom is 0.410 e. The van der Waals surface area contributed by atoms with Crippen LogP contribution >= 0.6 is 0 Å². The largest absolute Gasteiger partial charge is 0.441 e. The molecule has 2 heterocycles. The van der Waals surface area contributed by atoms with Gasteiger partial charge in [0.1, 0.15) is 11.4 Å². The van der Waals surface area contributed by atoms with Crippen LogP contribution < -0.4 is 0 Å². The summed E-state index contributed by atoms with van der Waals surface area (Å²) in [6.07, 6.45) is 3.58. The lowest BCUT2D eigenvalue weighted by Gasteiger charge is -2.38. The Bertz CT molecular complexity index is 691. The number of likely N-dealkylation sites (N-methyl/N-ethyl adjacent to an activating group) is 1. The van der Waals surface area contributed by atoms with Crippen LogP contribution in [0.4, 0.5) is 9.18 Å². The number of rotatable bonds is 3. The van der Waals surface area contributed by atoms with E-state index in [0.717, 1.165) is 18.4 Å². The van der Waals surface area contributed by atoms with Gasteiger partial charge in [-0.15, -0.1) is 0 Å². The van der Waals surface area contributed by atoms with Crippen LogP contribution in [0.25, 0.3) is 0 Å². The van der Waals surface area contributed by atoms with Crippen molar-refractivity contribution in [3.8, 4) is 0 Å². The van der Waals surface area contributed by atoms with E-state index >= 15 is 0 Å². The number of ether oxygens (including phenoxy) is 1. The highest BCUT2D eigenvalue weighted by Gasteiger charge is 2.53. The monoisotopic (exact) mass is 346 g/mol. The maximum atomic E-state index is 13.1. The third-order valence-electron chi connectivity index (χ3n) is 5.87. The number of carbonyl (C=O) groups excluding carboxylic acids is 2. The van der Waals surface area contributed by atoms with Gasteiger partial charge < -0.3 is 14.5 Å². The highest BCUT2D eigenvalue weighted by atomic mass is 19.1. The lowest BCUT2D eigenvalue weighted by molar-refractivity contribution is -0.140. The van der Waals surface area contributed by atoms with Crippen LogP contribution in [0.3, 0.4) is 0 Å². The fraction of sp³-hybridized carbons (Fsp3) is 0.579. The molecular formula is C19H23FN2O3. The number of carbonyl (C=O) groups is 2. The van der Waals surface area contributed by atoms with E-state index < -0.39 is 5.60 Å². The topological polar surface area (TPSA) is 49.9 Å². The number of likely N-dealkylation sites (tertiary alicyclic amines) is 1. The van der Waals surface area contributed by atoms with Crippen LogP contribution in [-0.4, -0.2) is 54.1 Å². The minimum atomic E-state index is -0.420. The SMILES string of the molecule is CN1CC2(CCN(C(=O)C3(Cc4ccc(F)cc4)CC3)CC2)OC1=O. The van der Waals surface area contributed by atoms with Gasteiger partial charge in [0, 0.05) is 33.0 Å². The summed E-state index contributed by atoms with van der Waals surface area (Å²) >= 11 is 0. The Kier molecular flexibility index (Phi) is 3.74. The molecule has 0 radical (unpaired) electrons. The Morgan fingerprint density at radius 3 is 2.32 bits per heavy atom. The van der Waals surface area contributed by atoms with Gasteiger partial charge >= 0.3 is 6.09 Å². The second-order valence-electron chi connectivity index (χ2n) is 7.78. The van der Waals surface area contributed by atoms with Crippen LogP contribution in [0.5, 0.6) is 0 Å². The fourth-order valence-electron chi connectivity index (χ4n) is 4.12. The molecule has 2 saturated heterocycles. The number of nitrogens with zero attached hydrogens (tertiary/aromatic N) is 2. The molecule has 3 fully saturated rings. The average Bonchev–Trinajstić information content (AvgIpc) is 3.32. The van der Waals surface area contributed by atoms with E-state index in [4.69, 9.17) is 4.74 Å². The zero-order valence-corrected chi connectivity index (χ0v) is 14.5. The molecule has 1 spiro atoms. The molecule has 5 nitrogen and oxygen atoms in total. The summed E-state index contributed by atoms with van der Waals surface area (Å²) in [6.45, 7) is 1.87. The van der Waals surface area contributed by atoms with Gasteiger partial charge in [-0.05, 0) is 37.0 Å². The highest BCUT2D eigenvalue weighted by Crippen LogP contribution is 2.50. The molecule has 2 amide bonds. The smallest absolute Gasteiger partial charge is 0.410 e. The van der Waals surface area contributed by atoms with E-state index in [1.54, 1.807) is 24.1 Å². The molecule has 1 saturated carbocycles. The standard InChI is InChI=1S/C19H23FN2O3/c1-21-13-19(25-17(21)24)8-10-22(11-9-19)16(23)18(6-7-18)12-14-2-4-15(20)5-3-14/h2-5H,6-13H2,1H3. The molecular weight excluding hydrogens is 323 g/mol. The molecule has 0 N–H and O–H groups in total. The van der Waals surface area contributed by atoms with Gasteiger partial charge in [-0.3, -0.25) is 4.79 Å². The Labute approximate surface area is 146 Å². The summed E-state index contributed by atoms with van der Waals surface area (Å²) in [4.78, 5) is 28.2. The fourth-order valence-corrected chi connectivity index (χ4v) is 4.12. The molecule has 0 aromatic heterocycles. The second kappa shape index (κ2) is 5.71. The molecule has 4 rings (SSSR count). The summed E-state index contributed by atoms with van der Waals surface area (Å²) in [5.41, 5.74) is 0.272. The minimum absolute atomic E-state index is 0.198. The average molecular weight is 346 g/mol. The summed E-state index contributed by atoms with van der Waals surface area (Å²) in [6, 6.07) is 6.43. The summed E-state index contributed by atoms with van der Waals surface area (Å²) < 4.78 is 18.6. The van der Waals surface area contributed by atoms with Gasteiger partial charge in [-0.1, -0.05) is 12.1 Å². The zero-order chi connectivity index (χ0) is 17.7. The molecule has 1 aromatic carbocycles. The number of amides is 2. The van der Waals surface area contributed by atoms with E-state index in [1.165, 1.54) is 12.1 Å². The van der Waals surface area contributed by atoms with E-state index in [1.807, 2.05) is 4.90 Å². The van der Waals surface area contributed by atoms with Gasteiger partial charge in [0.25, 0.3) is 0 Å². The van der Waals surface area contributed by atoms with E-state index in [2.05, 4.69) is 0 Å². The molecule has 134 valence electrons. The summed E-state index contributed by atoms with van der Waals surface area (Å²) in [5.74, 6) is -0.0540. The van der Waals surface area contributed by atoms with E-state index in [0.29, 0.717) is 38.9 Å². The molecule has 0 unspecified atom stereocenters. The van der Waals surface area contributed by atoms with E-state index in [-0.39, 0.29) is 23.2 Å². The number of halogens is 1. The number of benzene rings is 1. The van der Waals surface area contributed by atoms with Gasteiger partial charge in [-0.2, -0.15) is 0 Å². The lowest BCUT2D eigenvalue weighted by Crippen LogP contribution is -2.50. The Hall–Kier alpha value is -2.11. The van der Waals surface area contributed by atoms with Crippen molar-refractivity contribution in [3.05, 3.63) is 35.6 Å². The highest BCUT2D eigenvalue weighted by molar-refractivity contribution is 5.86. The molecule has 1 aromatic rings. The van der Waals surface area contributed by atoms with Gasteiger partial charge in [-0.25, -0.2) is 9.18 Å². The first kappa shape index (κ1) is 16.4. The maximum absolute atomic E-state index is 13.1. The minimum Gasteiger partial charge on any atom is -0.441 e.